The largest absolute Gasteiger partial charge is 0.298 e. The Morgan fingerprint density at radius 2 is 1.38 bits per heavy atom. The number of halogens is 1. The van der Waals surface area contributed by atoms with E-state index in [2.05, 4.69) is 4.98 Å². The third-order valence-corrected chi connectivity index (χ3v) is 3.45. The van der Waals surface area contributed by atoms with Gasteiger partial charge >= 0.3 is 0 Å². The van der Waals surface area contributed by atoms with Gasteiger partial charge in [-0.05, 0) is 24.3 Å². The number of benzene rings is 2. The summed E-state index contributed by atoms with van der Waals surface area (Å²) in [6.45, 7) is 0. The first-order chi connectivity index (χ1) is 10.3. The Morgan fingerprint density at radius 3 is 1.95 bits per heavy atom. The second-order valence-electron chi connectivity index (χ2n) is 4.66. The van der Waals surface area contributed by atoms with Crippen LogP contribution in [0.15, 0.2) is 66.7 Å². The molecular formula is C18H12ClNO. The van der Waals surface area contributed by atoms with E-state index in [1.54, 1.807) is 12.1 Å². The van der Waals surface area contributed by atoms with Gasteiger partial charge in [-0.2, -0.15) is 0 Å². The summed E-state index contributed by atoms with van der Waals surface area (Å²) in [6, 6.07) is 20.8. The summed E-state index contributed by atoms with van der Waals surface area (Å²) in [6.07, 6.45) is 0.841. The molecule has 3 aromatic rings. The molecule has 0 atom stereocenters. The molecular weight excluding hydrogens is 282 g/mol. The van der Waals surface area contributed by atoms with E-state index in [0.717, 1.165) is 28.8 Å². The average molecular weight is 294 g/mol. The fourth-order valence-electron chi connectivity index (χ4n) is 2.15. The fourth-order valence-corrected chi connectivity index (χ4v) is 2.27. The zero-order chi connectivity index (χ0) is 14.7. The Bertz CT molecular complexity index is 767. The summed E-state index contributed by atoms with van der Waals surface area (Å²) >= 11 is 5.91. The fraction of sp³-hybridized carbons (Fsp3) is 0. The van der Waals surface area contributed by atoms with Crippen LogP contribution in [-0.2, 0) is 0 Å². The zero-order valence-electron chi connectivity index (χ0n) is 11.2. The van der Waals surface area contributed by atoms with E-state index in [0.29, 0.717) is 10.6 Å². The van der Waals surface area contributed by atoms with Crippen LogP contribution in [0, 0.1) is 0 Å². The van der Waals surface area contributed by atoms with Gasteiger partial charge in [-0.1, -0.05) is 54.1 Å². The highest BCUT2D eigenvalue weighted by Crippen LogP contribution is 2.25. The number of hydrogen-bond acceptors (Lipinski definition) is 2. The Morgan fingerprint density at radius 1 is 0.810 bits per heavy atom. The lowest BCUT2D eigenvalue weighted by Gasteiger charge is -2.07. The number of carbonyl (C=O) groups excluding carboxylic acids is 1. The van der Waals surface area contributed by atoms with Crippen molar-refractivity contribution in [2.75, 3.05) is 0 Å². The number of aromatic nitrogens is 1. The number of nitrogens with zero attached hydrogens (tertiary/aromatic N) is 1. The Balaban J connectivity index is 2.13. The molecule has 0 spiro atoms. The quantitative estimate of drug-likeness (QED) is 0.644. The van der Waals surface area contributed by atoms with Crippen molar-refractivity contribution in [3.63, 3.8) is 0 Å². The molecule has 0 saturated carbocycles. The molecule has 102 valence electrons. The van der Waals surface area contributed by atoms with Gasteiger partial charge in [-0.3, -0.25) is 4.79 Å². The molecule has 0 saturated heterocycles. The van der Waals surface area contributed by atoms with Crippen molar-refractivity contribution in [2.45, 2.75) is 0 Å². The van der Waals surface area contributed by atoms with Crippen LogP contribution in [-0.4, -0.2) is 11.3 Å². The van der Waals surface area contributed by atoms with E-state index in [1.165, 1.54) is 0 Å². The van der Waals surface area contributed by atoms with Crippen LogP contribution in [0.4, 0.5) is 0 Å². The Hall–Kier alpha value is -2.45. The smallest absolute Gasteiger partial charge is 0.150 e. The molecule has 0 fully saturated rings. The van der Waals surface area contributed by atoms with Gasteiger partial charge in [0.15, 0.2) is 0 Å². The van der Waals surface area contributed by atoms with Gasteiger partial charge in [0, 0.05) is 21.7 Å². The standard InChI is InChI=1S/C18H12ClNO/c19-16-8-6-15(7-9-16)18-11-13(12-21)10-17(20-18)14-4-2-1-3-5-14/h1-12H. The molecule has 0 aliphatic rings. The molecule has 0 aliphatic carbocycles. The molecule has 2 aromatic carbocycles. The molecule has 0 aliphatic heterocycles. The second-order valence-corrected chi connectivity index (χ2v) is 5.10. The highest BCUT2D eigenvalue weighted by molar-refractivity contribution is 6.30. The highest BCUT2D eigenvalue weighted by atomic mass is 35.5. The van der Waals surface area contributed by atoms with E-state index in [4.69, 9.17) is 11.6 Å². The summed E-state index contributed by atoms with van der Waals surface area (Å²) in [5, 5.41) is 0.675. The minimum Gasteiger partial charge on any atom is -0.298 e. The summed E-state index contributed by atoms with van der Waals surface area (Å²) in [5.41, 5.74) is 4.06. The van der Waals surface area contributed by atoms with E-state index >= 15 is 0 Å². The van der Waals surface area contributed by atoms with Crippen molar-refractivity contribution in [3.8, 4) is 22.5 Å². The molecule has 3 heteroatoms. The first-order valence-electron chi connectivity index (χ1n) is 6.55. The Kier molecular flexibility index (Phi) is 3.80. The molecule has 0 N–H and O–H groups in total. The summed E-state index contributed by atoms with van der Waals surface area (Å²) in [7, 11) is 0. The normalized spacial score (nSPS) is 10.3. The van der Waals surface area contributed by atoms with Crippen LogP contribution < -0.4 is 0 Å². The topological polar surface area (TPSA) is 30.0 Å². The maximum Gasteiger partial charge on any atom is 0.150 e. The van der Waals surface area contributed by atoms with Crippen LogP contribution in [0.5, 0.6) is 0 Å². The summed E-state index contributed by atoms with van der Waals surface area (Å²) in [4.78, 5) is 15.8. The lowest BCUT2D eigenvalue weighted by Crippen LogP contribution is -1.92. The Labute approximate surface area is 128 Å². The lowest BCUT2D eigenvalue weighted by molar-refractivity contribution is 0.112. The predicted octanol–water partition coefficient (Wildman–Crippen LogP) is 4.88. The van der Waals surface area contributed by atoms with Crippen molar-refractivity contribution in [3.05, 3.63) is 77.3 Å². The van der Waals surface area contributed by atoms with E-state index in [-0.39, 0.29) is 0 Å². The van der Waals surface area contributed by atoms with Gasteiger partial charge < -0.3 is 0 Å². The van der Waals surface area contributed by atoms with Crippen molar-refractivity contribution in [2.24, 2.45) is 0 Å². The molecule has 2 nitrogen and oxygen atoms in total. The average Bonchev–Trinajstić information content (AvgIpc) is 2.56. The van der Waals surface area contributed by atoms with E-state index in [9.17, 15) is 4.79 Å². The monoisotopic (exact) mass is 293 g/mol. The van der Waals surface area contributed by atoms with Crippen molar-refractivity contribution >= 4 is 17.9 Å². The number of aldehydes is 1. The maximum atomic E-state index is 11.2. The number of rotatable bonds is 3. The van der Waals surface area contributed by atoms with Crippen molar-refractivity contribution in [1.29, 1.82) is 0 Å². The minimum absolute atomic E-state index is 0.605. The molecule has 0 unspecified atom stereocenters. The van der Waals surface area contributed by atoms with Crippen molar-refractivity contribution in [1.82, 2.24) is 4.98 Å². The minimum atomic E-state index is 0.605. The van der Waals surface area contributed by atoms with Crippen LogP contribution in [0.3, 0.4) is 0 Å². The van der Waals surface area contributed by atoms with Gasteiger partial charge in [0.1, 0.15) is 6.29 Å². The van der Waals surface area contributed by atoms with Gasteiger partial charge in [-0.15, -0.1) is 0 Å². The molecule has 21 heavy (non-hydrogen) atoms. The number of carbonyl (C=O) groups is 1. The third kappa shape index (κ3) is 3.01. The lowest BCUT2D eigenvalue weighted by atomic mass is 10.1. The van der Waals surface area contributed by atoms with E-state index < -0.39 is 0 Å². The first kappa shape index (κ1) is 13.5. The van der Waals surface area contributed by atoms with Gasteiger partial charge in [-0.25, -0.2) is 4.98 Å². The third-order valence-electron chi connectivity index (χ3n) is 3.19. The molecule has 0 amide bonds. The molecule has 3 rings (SSSR count). The molecule has 1 aromatic heterocycles. The SMILES string of the molecule is O=Cc1cc(-c2ccccc2)nc(-c2ccc(Cl)cc2)c1. The highest BCUT2D eigenvalue weighted by Gasteiger charge is 2.06. The van der Waals surface area contributed by atoms with Crippen LogP contribution in [0.1, 0.15) is 10.4 Å². The van der Waals surface area contributed by atoms with Crippen LogP contribution >= 0.6 is 11.6 Å². The van der Waals surface area contributed by atoms with Crippen molar-refractivity contribution < 1.29 is 4.79 Å². The zero-order valence-corrected chi connectivity index (χ0v) is 11.9. The maximum absolute atomic E-state index is 11.2. The molecule has 0 bridgehead atoms. The van der Waals surface area contributed by atoms with E-state index in [1.807, 2.05) is 54.6 Å². The molecule has 1 heterocycles. The van der Waals surface area contributed by atoms with Gasteiger partial charge in [0.25, 0.3) is 0 Å². The van der Waals surface area contributed by atoms with Crippen LogP contribution in [0.2, 0.25) is 5.02 Å². The predicted molar refractivity (Wildman–Crippen MR) is 85.5 cm³/mol. The van der Waals surface area contributed by atoms with Crippen LogP contribution in [0.25, 0.3) is 22.5 Å². The second kappa shape index (κ2) is 5.90. The van der Waals surface area contributed by atoms with Gasteiger partial charge in [0.05, 0.1) is 11.4 Å². The summed E-state index contributed by atoms with van der Waals surface area (Å²) in [5.74, 6) is 0. The first-order valence-corrected chi connectivity index (χ1v) is 6.93. The van der Waals surface area contributed by atoms with Gasteiger partial charge in [0.2, 0.25) is 0 Å². The summed E-state index contributed by atoms with van der Waals surface area (Å²) < 4.78 is 0. The molecule has 0 radical (unpaired) electrons. The number of hydrogen-bond donors (Lipinski definition) is 0. The number of pyridine rings is 1.